The number of anilines is 1. The molecule has 2 aliphatic rings. The topological polar surface area (TPSA) is 59.0 Å². The highest BCUT2D eigenvalue weighted by atomic mass is 16.1. The third-order valence-electron chi connectivity index (χ3n) is 5.93. The molecule has 2 atom stereocenters. The van der Waals surface area contributed by atoms with Crippen molar-refractivity contribution in [2.45, 2.75) is 44.2 Å². The van der Waals surface area contributed by atoms with E-state index in [1.165, 1.54) is 12.8 Å². The molecule has 2 aromatic carbocycles. The summed E-state index contributed by atoms with van der Waals surface area (Å²) >= 11 is 0. The van der Waals surface area contributed by atoms with E-state index in [4.69, 9.17) is 0 Å². The number of aromatic nitrogens is 2. The van der Waals surface area contributed by atoms with E-state index >= 15 is 0 Å². The molecule has 27 heavy (non-hydrogen) atoms. The van der Waals surface area contributed by atoms with Gasteiger partial charge in [0.15, 0.2) is 0 Å². The Hall–Kier alpha value is -2.66. The number of carbonyl (C=O) groups is 1. The zero-order valence-electron chi connectivity index (χ0n) is 15.3. The number of amides is 1. The van der Waals surface area contributed by atoms with E-state index in [1.807, 2.05) is 48.8 Å². The third-order valence-corrected chi connectivity index (χ3v) is 5.93. The average Bonchev–Trinajstić information content (AvgIpc) is 3.25. The Labute approximate surface area is 158 Å². The lowest BCUT2D eigenvalue weighted by atomic mass is 9.89. The fourth-order valence-corrected chi connectivity index (χ4v) is 4.69. The van der Waals surface area contributed by atoms with Crippen LogP contribution in [0.4, 0.5) is 5.69 Å². The average molecular weight is 360 g/mol. The van der Waals surface area contributed by atoms with Crippen LogP contribution >= 0.6 is 0 Å². The molecule has 2 N–H and O–H groups in total. The maximum absolute atomic E-state index is 12.5. The number of para-hydroxylation sites is 2. The van der Waals surface area contributed by atoms with E-state index in [2.05, 4.69) is 26.3 Å². The van der Waals surface area contributed by atoms with Crippen molar-refractivity contribution in [1.29, 1.82) is 0 Å². The summed E-state index contributed by atoms with van der Waals surface area (Å²) in [5.74, 6) is 0.641. The van der Waals surface area contributed by atoms with E-state index in [0.717, 1.165) is 35.2 Å². The zero-order chi connectivity index (χ0) is 18.2. The summed E-state index contributed by atoms with van der Waals surface area (Å²) in [6.45, 7) is 0. The van der Waals surface area contributed by atoms with Gasteiger partial charge in [-0.05, 0) is 68.0 Å². The van der Waals surface area contributed by atoms with E-state index in [9.17, 15) is 4.79 Å². The Bertz CT molecular complexity index is 950. The van der Waals surface area contributed by atoms with Gasteiger partial charge in [0.1, 0.15) is 6.33 Å². The first-order chi connectivity index (χ1) is 13.2. The monoisotopic (exact) mass is 360 g/mol. The van der Waals surface area contributed by atoms with Crippen LogP contribution in [0.2, 0.25) is 0 Å². The van der Waals surface area contributed by atoms with Crippen LogP contribution in [0.5, 0.6) is 0 Å². The van der Waals surface area contributed by atoms with E-state index in [1.54, 1.807) is 0 Å². The maximum Gasteiger partial charge on any atom is 0.224 e. The van der Waals surface area contributed by atoms with Crippen LogP contribution in [0, 0.1) is 5.92 Å². The summed E-state index contributed by atoms with van der Waals surface area (Å²) in [4.78, 5) is 16.9. The number of carbonyl (C=O) groups excluding carboxylic acids is 1. The number of hydrogen-bond acceptors (Lipinski definition) is 3. The number of rotatable bonds is 4. The SMILES string of the molecule is O=C(CC1CC2CCC(C1)N2)Nc1ccc(-n2cnc3ccccc32)cc1. The summed E-state index contributed by atoms with van der Waals surface area (Å²) in [6.07, 6.45) is 7.28. The van der Waals surface area contributed by atoms with Gasteiger partial charge in [0.05, 0.1) is 11.0 Å². The molecule has 138 valence electrons. The smallest absolute Gasteiger partial charge is 0.224 e. The van der Waals surface area contributed by atoms with Crippen molar-refractivity contribution in [1.82, 2.24) is 14.9 Å². The molecule has 2 unspecified atom stereocenters. The molecule has 2 aliphatic heterocycles. The highest BCUT2D eigenvalue weighted by molar-refractivity contribution is 5.91. The number of hydrogen-bond donors (Lipinski definition) is 2. The minimum absolute atomic E-state index is 0.127. The Morgan fingerprint density at radius 1 is 1.07 bits per heavy atom. The Morgan fingerprint density at radius 3 is 2.59 bits per heavy atom. The van der Waals surface area contributed by atoms with Gasteiger partial charge in [-0.1, -0.05) is 12.1 Å². The van der Waals surface area contributed by atoms with Gasteiger partial charge in [0, 0.05) is 29.9 Å². The fourth-order valence-electron chi connectivity index (χ4n) is 4.69. The Balaban J connectivity index is 1.24. The number of fused-ring (bicyclic) bond motifs is 3. The van der Waals surface area contributed by atoms with Crippen LogP contribution in [0.25, 0.3) is 16.7 Å². The molecular formula is C22H24N4O. The second-order valence-corrected chi connectivity index (χ2v) is 7.88. The van der Waals surface area contributed by atoms with Gasteiger partial charge in [-0.25, -0.2) is 4.98 Å². The summed E-state index contributed by atoms with van der Waals surface area (Å²) in [5, 5.41) is 6.70. The molecule has 0 radical (unpaired) electrons. The van der Waals surface area contributed by atoms with Crippen LogP contribution in [0.3, 0.4) is 0 Å². The molecule has 2 fully saturated rings. The number of nitrogens with zero attached hydrogens (tertiary/aromatic N) is 2. The van der Waals surface area contributed by atoms with Crippen molar-refractivity contribution in [2.75, 3.05) is 5.32 Å². The van der Waals surface area contributed by atoms with E-state index in [0.29, 0.717) is 24.4 Å². The molecule has 2 bridgehead atoms. The number of benzene rings is 2. The second kappa shape index (κ2) is 6.82. The number of imidazole rings is 1. The quantitative estimate of drug-likeness (QED) is 0.742. The first-order valence-electron chi connectivity index (χ1n) is 9.83. The minimum Gasteiger partial charge on any atom is -0.326 e. The molecule has 5 heteroatoms. The molecule has 2 saturated heterocycles. The molecule has 0 spiro atoms. The molecule has 0 saturated carbocycles. The van der Waals surface area contributed by atoms with Gasteiger partial charge in [-0.3, -0.25) is 9.36 Å². The Morgan fingerprint density at radius 2 is 1.81 bits per heavy atom. The predicted octanol–water partition coefficient (Wildman–Crippen LogP) is 3.88. The summed E-state index contributed by atoms with van der Waals surface area (Å²) in [5.41, 5.74) is 3.95. The summed E-state index contributed by atoms with van der Waals surface area (Å²) in [7, 11) is 0. The molecule has 1 amide bonds. The van der Waals surface area contributed by atoms with Crippen LogP contribution < -0.4 is 10.6 Å². The largest absolute Gasteiger partial charge is 0.326 e. The lowest BCUT2D eigenvalue weighted by Gasteiger charge is -2.28. The molecular weight excluding hydrogens is 336 g/mol. The van der Waals surface area contributed by atoms with Crippen molar-refractivity contribution < 1.29 is 4.79 Å². The fraction of sp³-hybridized carbons (Fsp3) is 0.364. The highest BCUT2D eigenvalue weighted by Crippen LogP contribution is 2.32. The molecule has 5 nitrogen and oxygen atoms in total. The van der Waals surface area contributed by atoms with Crippen LogP contribution in [-0.2, 0) is 4.79 Å². The highest BCUT2D eigenvalue weighted by Gasteiger charge is 2.34. The standard InChI is InChI=1S/C22H24N4O/c27-22(13-15-11-17-5-6-18(12-15)24-17)25-16-7-9-19(10-8-16)26-14-23-20-3-1-2-4-21(20)26/h1-4,7-10,14-15,17-18,24H,5-6,11-13H2,(H,25,27). The molecule has 0 aliphatic carbocycles. The van der Waals surface area contributed by atoms with Crippen molar-refractivity contribution in [2.24, 2.45) is 5.92 Å². The molecule has 3 aromatic rings. The van der Waals surface area contributed by atoms with Gasteiger partial charge < -0.3 is 10.6 Å². The third kappa shape index (κ3) is 3.35. The lowest BCUT2D eigenvalue weighted by molar-refractivity contribution is -0.117. The molecule has 3 heterocycles. The van der Waals surface area contributed by atoms with Gasteiger partial charge in [-0.15, -0.1) is 0 Å². The first kappa shape index (κ1) is 16.5. The van der Waals surface area contributed by atoms with E-state index in [-0.39, 0.29) is 5.91 Å². The maximum atomic E-state index is 12.5. The van der Waals surface area contributed by atoms with Crippen LogP contribution in [-0.4, -0.2) is 27.5 Å². The lowest BCUT2D eigenvalue weighted by Crippen LogP contribution is -2.39. The second-order valence-electron chi connectivity index (χ2n) is 7.88. The van der Waals surface area contributed by atoms with Crippen LogP contribution in [0.1, 0.15) is 32.1 Å². The van der Waals surface area contributed by atoms with Gasteiger partial charge >= 0.3 is 0 Å². The van der Waals surface area contributed by atoms with Crippen molar-refractivity contribution in [3.8, 4) is 5.69 Å². The first-order valence-corrected chi connectivity index (χ1v) is 9.83. The Kier molecular flexibility index (Phi) is 4.17. The van der Waals surface area contributed by atoms with Gasteiger partial charge in [-0.2, -0.15) is 0 Å². The summed E-state index contributed by atoms with van der Waals surface area (Å²) in [6, 6.07) is 17.3. The summed E-state index contributed by atoms with van der Waals surface area (Å²) < 4.78 is 2.06. The van der Waals surface area contributed by atoms with Gasteiger partial charge in [0.2, 0.25) is 5.91 Å². The zero-order valence-corrected chi connectivity index (χ0v) is 15.3. The van der Waals surface area contributed by atoms with Crippen molar-refractivity contribution in [3.63, 3.8) is 0 Å². The number of piperidine rings is 1. The molecule has 5 rings (SSSR count). The number of nitrogens with one attached hydrogen (secondary N) is 2. The molecule has 1 aromatic heterocycles. The normalized spacial score (nSPS) is 24.2. The van der Waals surface area contributed by atoms with Crippen molar-refractivity contribution >= 4 is 22.6 Å². The van der Waals surface area contributed by atoms with E-state index < -0.39 is 0 Å². The van der Waals surface area contributed by atoms with Gasteiger partial charge in [0.25, 0.3) is 0 Å². The van der Waals surface area contributed by atoms with Crippen LogP contribution in [0.15, 0.2) is 54.9 Å². The minimum atomic E-state index is 0.127. The van der Waals surface area contributed by atoms with Crippen molar-refractivity contribution in [3.05, 3.63) is 54.9 Å². The predicted molar refractivity (Wildman–Crippen MR) is 107 cm³/mol.